The Bertz CT molecular complexity index is 456. The topological polar surface area (TPSA) is 49.6 Å². The zero-order valence-electron chi connectivity index (χ0n) is 12.6. The third-order valence-electron chi connectivity index (χ3n) is 3.81. The molecular formula is C15H25Cl2N3O. The average Bonchev–Trinajstić information content (AvgIpc) is 2.37. The van der Waals surface area contributed by atoms with Crippen molar-refractivity contribution in [2.75, 3.05) is 32.4 Å². The Balaban J connectivity index is 0.00000200. The molecule has 1 atom stereocenters. The SMILES string of the molecule is CC1CN(C)CCN1C(=O)CCc1ccccc1N.Cl.Cl. The molecule has 21 heavy (non-hydrogen) atoms. The van der Waals surface area contributed by atoms with E-state index in [9.17, 15) is 4.79 Å². The largest absolute Gasteiger partial charge is 0.399 e. The smallest absolute Gasteiger partial charge is 0.223 e. The Hall–Kier alpha value is -0.970. The maximum atomic E-state index is 12.3. The summed E-state index contributed by atoms with van der Waals surface area (Å²) in [7, 11) is 2.10. The lowest BCUT2D eigenvalue weighted by atomic mass is 10.1. The predicted molar refractivity (Wildman–Crippen MR) is 92.3 cm³/mol. The van der Waals surface area contributed by atoms with Crippen LogP contribution in [0.2, 0.25) is 0 Å². The van der Waals surface area contributed by atoms with Gasteiger partial charge in [-0.25, -0.2) is 0 Å². The van der Waals surface area contributed by atoms with Crippen molar-refractivity contribution in [2.45, 2.75) is 25.8 Å². The average molecular weight is 334 g/mol. The normalized spacial score (nSPS) is 18.6. The fourth-order valence-electron chi connectivity index (χ4n) is 2.66. The van der Waals surface area contributed by atoms with Crippen LogP contribution in [0.25, 0.3) is 0 Å². The van der Waals surface area contributed by atoms with Gasteiger partial charge in [-0.05, 0) is 32.0 Å². The van der Waals surface area contributed by atoms with E-state index < -0.39 is 0 Å². The van der Waals surface area contributed by atoms with Crippen LogP contribution >= 0.6 is 24.8 Å². The van der Waals surface area contributed by atoms with E-state index in [2.05, 4.69) is 18.9 Å². The lowest BCUT2D eigenvalue weighted by Crippen LogP contribution is -2.52. The second-order valence-corrected chi connectivity index (χ2v) is 5.40. The summed E-state index contributed by atoms with van der Waals surface area (Å²) in [6.07, 6.45) is 1.27. The van der Waals surface area contributed by atoms with E-state index in [1.165, 1.54) is 0 Å². The molecular weight excluding hydrogens is 309 g/mol. The molecule has 0 spiro atoms. The molecule has 1 aromatic carbocycles. The molecule has 1 fully saturated rings. The number of piperazine rings is 1. The highest BCUT2D eigenvalue weighted by Crippen LogP contribution is 2.15. The zero-order valence-corrected chi connectivity index (χ0v) is 14.3. The van der Waals surface area contributed by atoms with Crippen LogP contribution in [0.1, 0.15) is 18.9 Å². The molecule has 1 aromatic rings. The second kappa shape index (κ2) is 9.13. The fraction of sp³-hybridized carbons (Fsp3) is 0.533. The highest BCUT2D eigenvalue weighted by Gasteiger charge is 2.25. The van der Waals surface area contributed by atoms with Crippen molar-refractivity contribution in [3.63, 3.8) is 0 Å². The molecule has 1 saturated heterocycles. The highest BCUT2D eigenvalue weighted by atomic mass is 35.5. The number of halogens is 2. The van der Waals surface area contributed by atoms with Crippen LogP contribution in [0, 0.1) is 0 Å². The molecule has 0 saturated carbocycles. The molecule has 0 aliphatic carbocycles. The summed E-state index contributed by atoms with van der Waals surface area (Å²) in [6.45, 7) is 4.87. The summed E-state index contributed by atoms with van der Waals surface area (Å²) in [4.78, 5) is 16.5. The van der Waals surface area contributed by atoms with E-state index >= 15 is 0 Å². The molecule has 1 heterocycles. The van der Waals surface area contributed by atoms with E-state index in [1.807, 2.05) is 29.2 Å². The Morgan fingerprint density at radius 2 is 1.95 bits per heavy atom. The third kappa shape index (κ3) is 5.38. The first-order valence-electron chi connectivity index (χ1n) is 6.89. The van der Waals surface area contributed by atoms with Crippen LogP contribution in [-0.2, 0) is 11.2 Å². The lowest BCUT2D eigenvalue weighted by Gasteiger charge is -2.38. The van der Waals surface area contributed by atoms with Crippen molar-refractivity contribution in [1.82, 2.24) is 9.80 Å². The summed E-state index contributed by atoms with van der Waals surface area (Å²) < 4.78 is 0. The van der Waals surface area contributed by atoms with Gasteiger partial charge in [-0.1, -0.05) is 18.2 Å². The zero-order chi connectivity index (χ0) is 13.8. The van der Waals surface area contributed by atoms with Crippen LogP contribution in [0.4, 0.5) is 5.69 Å². The first-order valence-corrected chi connectivity index (χ1v) is 6.89. The first kappa shape index (κ1) is 20.0. The van der Waals surface area contributed by atoms with Crippen molar-refractivity contribution in [1.29, 1.82) is 0 Å². The van der Waals surface area contributed by atoms with Gasteiger partial charge in [-0.15, -0.1) is 24.8 Å². The van der Waals surface area contributed by atoms with Gasteiger partial charge in [0.2, 0.25) is 5.91 Å². The summed E-state index contributed by atoms with van der Waals surface area (Å²) in [5, 5.41) is 0. The Labute approximate surface area is 139 Å². The standard InChI is InChI=1S/C15H23N3O.2ClH/c1-12-11-17(2)9-10-18(12)15(19)8-7-13-5-3-4-6-14(13)16;;/h3-6,12H,7-11,16H2,1-2H3;2*1H. The van der Waals surface area contributed by atoms with Crippen LogP contribution in [-0.4, -0.2) is 48.4 Å². The minimum absolute atomic E-state index is 0. The third-order valence-corrected chi connectivity index (χ3v) is 3.81. The minimum Gasteiger partial charge on any atom is -0.399 e. The number of nitrogens with two attached hydrogens (primary N) is 1. The monoisotopic (exact) mass is 333 g/mol. The number of likely N-dealkylation sites (N-methyl/N-ethyl adjacent to an activating group) is 1. The summed E-state index contributed by atoms with van der Waals surface area (Å²) in [5.74, 6) is 0.240. The minimum atomic E-state index is 0. The van der Waals surface area contributed by atoms with Gasteiger partial charge in [0.05, 0.1) is 0 Å². The van der Waals surface area contributed by atoms with Gasteiger partial charge in [-0.3, -0.25) is 4.79 Å². The van der Waals surface area contributed by atoms with Crippen molar-refractivity contribution in [3.8, 4) is 0 Å². The van der Waals surface area contributed by atoms with Gasteiger partial charge in [0.1, 0.15) is 0 Å². The number of carbonyl (C=O) groups is 1. The van der Waals surface area contributed by atoms with Gasteiger partial charge in [0, 0.05) is 37.8 Å². The van der Waals surface area contributed by atoms with Crippen molar-refractivity contribution in [3.05, 3.63) is 29.8 Å². The molecule has 1 aliphatic rings. The number of rotatable bonds is 3. The quantitative estimate of drug-likeness (QED) is 0.863. The number of anilines is 1. The molecule has 0 radical (unpaired) electrons. The molecule has 2 rings (SSSR count). The number of para-hydroxylation sites is 1. The van der Waals surface area contributed by atoms with Gasteiger partial charge >= 0.3 is 0 Å². The van der Waals surface area contributed by atoms with Crippen molar-refractivity contribution < 1.29 is 4.79 Å². The lowest BCUT2D eigenvalue weighted by molar-refractivity contribution is -0.135. The maximum Gasteiger partial charge on any atom is 0.223 e. The fourth-order valence-corrected chi connectivity index (χ4v) is 2.66. The van der Waals surface area contributed by atoms with E-state index in [0.29, 0.717) is 12.5 Å². The Kier molecular flexibility index (Phi) is 8.71. The molecule has 1 unspecified atom stereocenters. The van der Waals surface area contributed by atoms with Crippen LogP contribution < -0.4 is 5.73 Å². The molecule has 2 N–H and O–H groups in total. The first-order chi connectivity index (χ1) is 9.08. The van der Waals surface area contributed by atoms with E-state index in [1.54, 1.807) is 0 Å². The molecule has 6 heteroatoms. The Morgan fingerprint density at radius 3 is 2.57 bits per heavy atom. The Morgan fingerprint density at radius 1 is 1.29 bits per heavy atom. The number of hydrogen-bond acceptors (Lipinski definition) is 3. The van der Waals surface area contributed by atoms with Crippen molar-refractivity contribution in [2.24, 2.45) is 0 Å². The highest BCUT2D eigenvalue weighted by molar-refractivity contribution is 5.85. The maximum absolute atomic E-state index is 12.3. The molecule has 4 nitrogen and oxygen atoms in total. The van der Waals surface area contributed by atoms with E-state index in [-0.39, 0.29) is 30.7 Å². The number of carbonyl (C=O) groups excluding carboxylic acids is 1. The molecule has 0 bridgehead atoms. The molecule has 120 valence electrons. The van der Waals surface area contributed by atoms with Gasteiger partial charge in [0.25, 0.3) is 0 Å². The number of amides is 1. The van der Waals surface area contributed by atoms with E-state index in [0.717, 1.165) is 37.3 Å². The number of hydrogen-bond donors (Lipinski definition) is 1. The predicted octanol–water partition coefficient (Wildman–Crippen LogP) is 2.21. The van der Waals surface area contributed by atoms with Crippen LogP contribution in [0.3, 0.4) is 0 Å². The summed E-state index contributed by atoms with van der Waals surface area (Å²) >= 11 is 0. The molecule has 0 aromatic heterocycles. The van der Waals surface area contributed by atoms with Crippen LogP contribution in [0.5, 0.6) is 0 Å². The van der Waals surface area contributed by atoms with Gasteiger partial charge in [-0.2, -0.15) is 0 Å². The van der Waals surface area contributed by atoms with Gasteiger partial charge in [0.15, 0.2) is 0 Å². The number of benzene rings is 1. The van der Waals surface area contributed by atoms with Crippen LogP contribution in [0.15, 0.2) is 24.3 Å². The number of nitrogens with zero attached hydrogens (tertiary/aromatic N) is 2. The van der Waals surface area contributed by atoms with E-state index in [4.69, 9.17) is 5.73 Å². The van der Waals surface area contributed by atoms with Crippen molar-refractivity contribution >= 4 is 36.4 Å². The number of aryl methyl sites for hydroxylation is 1. The molecule has 1 aliphatic heterocycles. The number of nitrogen functional groups attached to an aromatic ring is 1. The second-order valence-electron chi connectivity index (χ2n) is 5.40. The molecule has 1 amide bonds. The van der Waals surface area contributed by atoms with Gasteiger partial charge < -0.3 is 15.5 Å². The summed E-state index contributed by atoms with van der Waals surface area (Å²) in [5.41, 5.74) is 7.75. The summed E-state index contributed by atoms with van der Waals surface area (Å²) in [6, 6.07) is 8.07.